The van der Waals surface area contributed by atoms with Gasteiger partial charge in [-0.25, -0.2) is 0 Å². The van der Waals surface area contributed by atoms with Gasteiger partial charge in [0.05, 0.1) is 13.2 Å². The van der Waals surface area contributed by atoms with Gasteiger partial charge >= 0.3 is 0 Å². The fourth-order valence-electron chi connectivity index (χ4n) is 1.78. The minimum absolute atomic E-state index is 0.102. The lowest BCUT2D eigenvalue weighted by atomic mass is 10.0. The van der Waals surface area contributed by atoms with Crippen LogP contribution in [0.5, 0.6) is 5.75 Å². The minimum Gasteiger partial charge on any atom is -0.497 e. The molecule has 0 aliphatic rings. The van der Waals surface area contributed by atoms with Crippen LogP contribution in [0.25, 0.3) is 0 Å². The number of aliphatic hydroxyl groups excluding tert-OH is 1. The molecule has 1 aromatic carbocycles. The number of ether oxygens (including phenoxy) is 1. The topological polar surface area (TPSA) is 58.6 Å². The zero-order valence-corrected chi connectivity index (χ0v) is 11.1. The maximum absolute atomic E-state index is 11.8. The van der Waals surface area contributed by atoms with Crippen molar-refractivity contribution in [2.45, 2.75) is 26.4 Å². The largest absolute Gasteiger partial charge is 0.497 e. The van der Waals surface area contributed by atoms with Gasteiger partial charge in [0.2, 0.25) is 0 Å². The van der Waals surface area contributed by atoms with Crippen molar-refractivity contribution >= 4 is 5.91 Å². The first-order valence-electron chi connectivity index (χ1n) is 6.13. The second-order valence-electron chi connectivity index (χ2n) is 4.63. The van der Waals surface area contributed by atoms with Crippen molar-refractivity contribution in [2.24, 2.45) is 5.92 Å². The number of nitrogens with one attached hydrogen (secondary N) is 1. The Bertz CT molecular complexity index is 373. The molecule has 0 aliphatic carbocycles. The summed E-state index contributed by atoms with van der Waals surface area (Å²) in [7, 11) is 1.59. The minimum atomic E-state index is -0.335. The molecular weight excluding hydrogens is 230 g/mol. The quantitative estimate of drug-likeness (QED) is 0.811. The normalized spacial score (nSPS) is 13.8. The summed E-state index contributed by atoms with van der Waals surface area (Å²) in [6.45, 7) is 4.32. The summed E-state index contributed by atoms with van der Waals surface area (Å²) in [5, 5.41) is 12.1. The molecule has 2 N–H and O–H groups in total. The fourth-order valence-corrected chi connectivity index (χ4v) is 1.78. The van der Waals surface area contributed by atoms with Gasteiger partial charge < -0.3 is 15.2 Å². The van der Waals surface area contributed by atoms with Crippen LogP contribution < -0.4 is 10.1 Å². The van der Waals surface area contributed by atoms with E-state index in [1.807, 2.05) is 6.92 Å². The van der Waals surface area contributed by atoms with E-state index in [0.717, 1.165) is 5.75 Å². The van der Waals surface area contributed by atoms with Crippen LogP contribution in [0.3, 0.4) is 0 Å². The van der Waals surface area contributed by atoms with E-state index < -0.39 is 0 Å². The molecule has 1 amide bonds. The maximum atomic E-state index is 11.8. The molecule has 2 atom stereocenters. The Morgan fingerprint density at radius 2 is 1.94 bits per heavy atom. The molecule has 0 heterocycles. The average Bonchev–Trinajstić information content (AvgIpc) is 2.35. The Hall–Kier alpha value is -1.55. The molecule has 18 heavy (non-hydrogen) atoms. The summed E-state index contributed by atoms with van der Waals surface area (Å²) in [6.07, 6.45) is 0.348. The Labute approximate surface area is 108 Å². The SMILES string of the molecule is COc1ccc(C(=O)NCC(C)CC(C)O)cc1. The van der Waals surface area contributed by atoms with Gasteiger partial charge in [-0.05, 0) is 43.5 Å². The van der Waals surface area contributed by atoms with Crippen molar-refractivity contribution in [3.8, 4) is 5.75 Å². The molecule has 100 valence electrons. The van der Waals surface area contributed by atoms with Crippen molar-refractivity contribution in [3.63, 3.8) is 0 Å². The number of carbonyl (C=O) groups excluding carboxylic acids is 1. The van der Waals surface area contributed by atoms with Crippen LogP contribution in [-0.4, -0.2) is 30.8 Å². The molecule has 2 unspecified atom stereocenters. The standard InChI is InChI=1S/C14H21NO3/c1-10(8-11(2)16)9-15-14(17)12-4-6-13(18-3)7-5-12/h4-7,10-11,16H,8-9H2,1-3H3,(H,15,17). The third kappa shape index (κ3) is 4.75. The molecular formula is C14H21NO3. The van der Waals surface area contributed by atoms with Crippen LogP contribution in [-0.2, 0) is 0 Å². The monoisotopic (exact) mass is 251 g/mol. The van der Waals surface area contributed by atoms with Gasteiger partial charge in [-0.15, -0.1) is 0 Å². The van der Waals surface area contributed by atoms with Crippen LogP contribution in [0.2, 0.25) is 0 Å². The maximum Gasteiger partial charge on any atom is 0.251 e. The summed E-state index contributed by atoms with van der Waals surface area (Å²) >= 11 is 0. The van der Waals surface area contributed by atoms with Crippen LogP contribution >= 0.6 is 0 Å². The Morgan fingerprint density at radius 1 is 1.33 bits per heavy atom. The lowest BCUT2D eigenvalue weighted by Gasteiger charge is -2.14. The second kappa shape index (κ2) is 7.01. The summed E-state index contributed by atoms with van der Waals surface area (Å²) in [5.74, 6) is 0.885. The molecule has 0 spiro atoms. The molecule has 1 rings (SSSR count). The van der Waals surface area contributed by atoms with E-state index in [9.17, 15) is 9.90 Å². The van der Waals surface area contributed by atoms with Gasteiger partial charge in [0.15, 0.2) is 0 Å². The van der Waals surface area contributed by atoms with E-state index in [2.05, 4.69) is 5.32 Å². The molecule has 1 aromatic rings. The number of carbonyl (C=O) groups is 1. The highest BCUT2D eigenvalue weighted by atomic mass is 16.5. The Morgan fingerprint density at radius 3 is 2.44 bits per heavy atom. The van der Waals surface area contributed by atoms with Crippen LogP contribution in [0, 0.1) is 5.92 Å². The first-order valence-corrected chi connectivity index (χ1v) is 6.13. The third-order valence-corrected chi connectivity index (χ3v) is 2.71. The lowest BCUT2D eigenvalue weighted by molar-refractivity contribution is 0.0939. The first kappa shape index (κ1) is 14.5. The van der Waals surface area contributed by atoms with Gasteiger partial charge in [0.1, 0.15) is 5.75 Å². The third-order valence-electron chi connectivity index (χ3n) is 2.71. The Balaban J connectivity index is 2.44. The van der Waals surface area contributed by atoms with Gasteiger partial charge in [-0.2, -0.15) is 0 Å². The Kier molecular flexibility index (Phi) is 5.65. The van der Waals surface area contributed by atoms with E-state index in [1.54, 1.807) is 38.3 Å². The van der Waals surface area contributed by atoms with Gasteiger partial charge in [0, 0.05) is 12.1 Å². The molecule has 0 aliphatic heterocycles. The number of methoxy groups -OCH3 is 1. The number of hydrogen-bond acceptors (Lipinski definition) is 3. The lowest BCUT2D eigenvalue weighted by Crippen LogP contribution is -2.29. The van der Waals surface area contributed by atoms with Crippen molar-refractivity contribution in [2.75, 3.05) is 13.7 Å². The number of benzene rings is 1. The molecule has 0 aromatic heterocycles. The van der Waals surface area contributed by atoms with Crippen molar-refractivity contribution in [3.05, 3.63) is 29.8 Å². The molecule has 0 bridgehead atoms. The first-order chi connectivity index (χ1) is 8.52. The molecule has 0 radical (unpaired) electrons. The molecule has 0 fully saturated rings. The molecule has 4 nitrogen and oxygen atoms in total. The number of hydrogen-bond donors (Lipinski definition) is 2. The van der Waals surface area contributed by atoms with E-state index in [1.165, 1.54) is 0 Å². The van der Waals surface area contributed by atoms with E-state index in [4.69, 9.17) is 4.74 Å². The summed E-state index contributed by atoms with van der Waals surface area (Å²) in [5.41, 5.74) is 0.611. The highest BCUT2D eigenvalue weighted by Gasteiger charge is 2.09. The fraction of sp³-hybridized carbons (Fsp3) is 0.500. The van der Waals surface area contributed by atoms with E-state index >= 15 is 0 Å². The molecule has 0 saturated carbocycles. The zero-order chi connectivity index (χ0) is 13.5. The summed E-state index contributed by atoms with van der Waals surface area (Å²) < 4.78 is 5.03. The van der Waals surface area contributed by atoms with Crippen molar-refractivity contribution in [1.82, 2.24) is 5.32 Å². The highest BCUT2D eigenvalue weighted by Crippen LogP contribution is 2.11. The highest BCUT2D eigenvalue weighted by molar-refractivity contribution is 5.94. The smallest absolute Gasteiger partial charge is 0.251 e. The van der Waals surface area contributed by atoms with E-state index in [0.29, 0.717) is 18.5 Å². The molecule has 0 saturated heterocycles. The van der Waals surface area contributed by atoms with Gasteiger partial charge in [-0.1, -0.05) is 6.92 Å². The zero-order valence-electron chi connectivity index (χ0n) is 11.1. The van der Waals surface area contributed by atoms with Crippen LogP contribution in [0.4, 0.5) is 0 Å². The van der Waals surface area contributed by atoms with E-state index in [-0.39, 0.29) is 17.9 Å². The summed E-state index contributed by atoms with van der Waals surface area (Å²) in [6, 6.07) is 6.98. The number of amides is 1. The predicted octanol–water partition coefficient (Wildman–Crippen LogP) is 1.83. The van der Waals surface area contributed by atoms with Crippen molar-refractivity contribution in [1.29, 1.82) is 0 Å². The number of aliphatic hydroxyl groups is 1. The van der Waals surface area contributed by atoms with Crippen LogP contribution in [0.15, 0.2) is 24.3 Å². The second-order valence-corrected chi connectivity index (χ2v) is 4.63. The van der Waals surface area contributed by atoms with Gasteiger partial charge in [-0.3, -0.25) is 4.79 Å². The van der Waals surface area contributed by atoms with Gasteiger partial charge in [0.25, 0.3) is 5.91 Å². The molecule has 4 heteroatoms. The average molecular weight is 251 g/mol. The number of rotatable bonds is 6. The van der Waals surface area contributed by atoms with Crippen molar-refractivity contribution < 1.29 is 14.6 Å². The summed E-state index contributed by atoms with van der Waals surface area (Å²) in [4.78, 5) is 11.8. The predicted molar refractivity (Wildman–Crippen MR) is 70.8 cm³/mol. The van der Waals surface area contributed by atoms with Crippen LogP contribution in [0.1, 0.15) is 30.6 Å².